The molecule has 1 aromatic heterocycles. The Kier molecular flexibility index (Phi) is 6.07. The van der Waals surface area contributed by atoms with E-state index >= 15 is 4.39 Å². The number of nitrogens with zero attached hydrogens (tertiary/aromatic N) is 1. The highest BCUT2D eigenvalue weighted by Gasteiger charge is 2.55. The highest BCUT2D eigenvalue weighted by molar-refractivity contribution is 14.1. The molecule has 0 amide bonds. The Labute approximate surface area is 196 Å². The Hall–Kier alpha value is -2.03. The van der Waals surface area contributed by atoms with Gasteiger partial charge in [0.2, 0.25) is 15.6 Å². The molecule has 0 saturated heterocycles. The summed E-state index contributed by atoms with van der Waals surface area (Å²) in [5.74, 6) is -1.58. The molecule has 0 aliphatic heterocycles. The summed E-state index contributed by atoms with van der Waals surface area (Å²) in [4.78, 5) is 0. The summed E-state index contributed by atoms with van der Waals surface area (Å²) >= 11 is 1.93. The lowest BCUT2D eigenvalue weighted by Gasteiger charge is -2.22. The monoisotopic (exact) mass is 579 g/mol. The predicted molar refractivity (Wildman–Crippen MR) is 123 cm³/mol. The van der Waals surface area contributed by atoms with Gasteiger partial charge < -0.3 is 20.1 Å². The van der Waals surface area contributed by atoms with Gasteiger partial charge in [0.25, 0.3) is 0 Å². The highest BCUT2D eigenvalue weighted by Crippen LogP contribution is 2.49. The number of hydrogen-bond acceptors (Lipinski definition) is 7. The van der Waals surface area contributed by atoms with Crippen molar-refractivity contribution in [3.63, 3.8) is 0 Å². The molecule has 32 heavy (non-hydrogen) atoms. The molecule has 1 saturated carbocycles. The minimum atomic E-state index is -4.09. The van der Waals surface area contributed by atoms with E-state index in [1.165, 1.54) is 18.2 Å². The number of benzene rings is 2. The second-order valence-electron chi connectivity index (χ2n) is 7.84. The number of fused-ring (bicyclic) bond motifs is 1. The van der Waals surface area contributed by atoms with E-state index in [0.29, 0.717) is 9.26 Å². The van der Waals surface area contributed by atoms with Gasteiger partial charge >= 0.3 is 0 Å². The third kappa shape index (κ3) is 4.16. The van der Waals surface area contributed by atoms with Crippen LogP contribution in [-0.2, 0) is 10.0 Å². The van der Waals surface area contributed by atoms with Gasteiger partial charge in [-0.15, -0.1) is 0 Å². The summed E-state index contributed by atoms with van der Waals surface area (Å²) in [6, 6.07) is 5.63. The van der Waals surface area contributed by atoms with Gasteiger partial charge in [0.1, 0.15) is 11.5 Å². The number of aromatic nitrogens is 1. The van der Waals surface area contributed by atoms with Gasteiger partial charge in [0.05, 0.1) is 34.5 Å². The Morgan fingerprint density at radius 1 is 1.28 bits per heavy atom. The number of aliphatic hydroxyl groups is 2. The van der Waals surface area contributed by atoms with Gasteiger partial charge in [-0.3, -0.25) is 4.72 Å². The summed E-state index contributed by atoms with van der Waals surface area (Å²) in [6.07, 6.45) is -0.799. The Morgan fingerprint density at radius 2 is 2.00 bits per heavy atom. The number of aliphatic hydroxyl groups excluding tert-OH is 2. The average Bonchev–Trinajstić information content (AvgIpc) is 3.43. The van der Waals surface area contributed by atoms with Crippen LogP contribution >= 0.6 is 22.6 Å². The number of rotatable bonds is 8. The van der Waals surface area contributed by atoms with Crippen LogP contribution in [0.15, 0.2) is 28.8 Å². The van der Waals surface area contributed by atoms with E-state index in [0.717, 1.165) is 0 Å². The topological polar surface area (TPSA) is 125 Å². The molecular formula is C20H20F2IN3O5S. The first-order valence-electron chi connectivity index (χ1n) is 9.69. The molecule has 2 aromatic carbocycles. The van der Waals surface area contributed by atoms with E-state index in [-0.39, 0.29) is 47.3 Å². The molecule has 1 atom stereocenters. The zero-order chi connectivity index (χ0) is 23.3. The van der Waals surface area contributed by atoms with Crippen molar-refractivity contribution in [1.82, 2.24) is 5.16 Å². The van der Waals surface area contributed by atoms with E-state index in [9.17, 15) is 17.9 Å². The maximum atomic E-state index is 15.4. The normalized spacial score (nSPS) is 16.2. The molecule has 0 bridgehead atoms. The zero-order valence-electron chi connectivity index (χ0n) is 16.8. The fourth-order valence-electron chi connectivity index (χ4n) is 3.55. The Balaban J connectivity index is 1.79. The van der Waals surface area contributed by atoms with Crippen LogP contribution in [0, 0.1) is 22.1 Å². The molecule has 1 aliphatic carbocycles. The quantitative estimate of drug-likeness (QED) is 0.300. The van der Waals surface area contributed by atoms with Crippen LogP contribution in [0.4, 0.5) is 25.8 Å². The summed E-state index contributed by atoms with van der Waals surface area (Å²) in [5.41, 5.74) is -0.379. The molecule has 3 aromatic rings. The standard InChI is InChI=1S/C20H20F2IN3O5S/c1-10-13-7-16(26-32(29,30)20(4-5-20)8-12(28)9-27)18(17(22)19(13)31-25-10)24-15-3-2-11(23)6-14(15)21/h2-3,6-7,12,24,26-28H,4-5,8-9H2,1H3. The van der Waals surface area contributed by atoms with Gasteiger partial charge in [-0.25, -0.2) is 17.2 Å². The van der Waals surface area contributed by atoms with Crippen LogP contribution in [0.3, 0.4) is 0 Å². The molecule has 1 aliphatic rings. The van der Waals surface area contributed by atoms with Gasteiger partial charge in [-0.05, 0) is 73.0 Å². The molecule has 172 valence electrons. The molecule has 1 heterocycles. The van der Waals surface area contributed by atoms with Crippen LogP contribution in [0.1, 0.15) is 25.0 Å². The number of hydrogen-bond donors (Lipinski definition) is 4. The molecule has 0 radical (unpaired) electrons. The van der Waals surface area contributed by atoms with Crippen LogP contribution in [0.25, 0.3) is 11.0 Å². The molecular weight excluding hydrogens is 559 g/mol. The third-order valence-corrected chi connectivity index (χ3v) is 8.39. The summed E-state index contributed by atoms with van der Waals surface area (Å²) < 4.78 is 62.9. The van der Waals surface area contributed by atoms with Gasteiger partial charge in [-0.1, -0.05) is 5.16 Å². The predicted octanol–water partition coefficient (Wildman–Crippen LogP) is 3.78. The molecule has 1 fully saturated rings. The molecule has 4 N–H and O–H groups in total. The van der Waals surface area contributed by atoms with Crippen molar-refractivity contribution in [1.29, 1.82) is 0 Å². The van der Waals surface area contributed by atoms with Crippen LogP contribution in [0.5, 0.6) is 0 Å². The first-order valence-corrected chi connectivity index (χ1v) is 12.2. The van der Waals surface area contributed by atoms with Crippen molar-refractivity contribution in [2.45, 2.75) is 37.0 Å². The van der Waals surface area contributed by atoms with Crippen LogP contribution in [0.2, 0.25) is 0 Å². The first-order chi connectivity index (χ1) is 15.1. The van der Waals surface area contributed by atoms with E-state index in [1.54, 1.807) is 13.0 Å². The van der Waals surface area contributed by atoms with E-state index in [2.05, 4.69) is 15.2 Å². The van der Waals surface area contributed by atoms with Crippen LogP contribution < -0.4 is 10.0 Å². The van der Waals surface area contributed by atoms with Crippen molar-refractivity contribution < 1.29 is 31.9 Å². The van der Waals surface area contributed by atoms with Crippen molar-refractivity contribution in [2.24, 2.45) is 0 Å². The second-order valence-corrected chi connectivity index (χ2v) is 11.2. The maximum absolute atomic E-state index is 15.4. The van der Waals surface area contributed by atoms with Crippen molar-refractivity contribution in [2.75, 3.05) is 16.6 Å². The minimum Gasteiger partial charge on any atom is -0.394 e. The molecule has 0 spiro atoms. The van der Waals surface area contributed by atoms with Crippen molar-refractivity contribution in [3.05, 3.63) is 45.2 Å². The minimum absolute atomic E-state index is 0.0582. The SMILES string of the molecule is Cc1noc2c(F)c(Nc3ccc(I)cc3F)c(NS(=O)(=O)C3(CC(O)CO)CC3)cc12. The van der Waals surface area contributed by atoms with Gasteiger partial charge in [0.15, 0.2) is 5.82 Å². The second kappa shape index (κ2) is 8.39. The summed E-state index contributed by atoms with van der Waals surface area (Å²) in [5, 5.41) is 25.5. The smallest absolute Gasteiger partial charge is 0.238 e. The van der Waals surface area contributed by atoms with E-state index in [4.69, 9.17) is 9.63 Å². The zero-order valence-corrected chi connectivity index (χ0v) is 19.8. The fraction of sp³-hybridized carbons (Fsp3) is 0.350. The lowest BCUT2D eigenvalue weighted by Crippen LogP contribution is -2.34. The average molecular weight is 579 g/mol. The van der Waals surface area contributed by atoms with Crippen molar-refractivity contribution in [3.8, 4) is 0 Å². The third-order valence-electron chi connectivity index (χ3n) is 5.52. The highest BCUT2D eigenvalue weighted by atomic mass is 127. The number of anilines is 3. The summed E-state index contributed by atoms with van der Waals surface area (Å²) in [7, 11) is -4.09. The lowest BCUT2D eigenvalue weighted by molar-refractivity contribution is 0.0858. The maximum Gasteiger partial charge on any atom is 0.238 e. The summed E-state index contributed by atoms with van der Waals surface area (Å²) in [6.45, 7) is 1.01. The number of nitrogens with one attached hydrogen (secondary N) is 2. The molecule has 8 nitrogen and oxygen atoms in total. The first kappa shape index (κ1) is 23.1. The van der Waals surface area contributed by atoms with E-state index in [1.807, 2.05) is 22.6 Å². The number of sulfonamides is 1. The molecule has 1 unspecified atom stereocenters. The largest absolute Gasteiger partial charge is 0.394 e. The molecule has 4 rings (SSSR count). The molecule has 12 heteroatoms. The Morgan fingerprint density at radius 3 is 2.62 bits per heavy atom. The van der Waals surface area contributed by atoms with Gasteiger partial charge in [-0.2, -0.15) is 0 Å². The number of aryl methyl sites for hydroxylation is 1. The Bertz CT molecular complexity index is 1290. The van der Waals surface area contributed by atoms with Gasteiger partial charge in [0, 0.05) is 8.96 Å². The number of halogens is 3. The van der Waals surface area contributed by atoms with Crippen molar-refractivity contribution >= 4 is 60.6 Å². The van der Waals surface area contributed by atoms with Crippen LogP contribution in [-0.4, -0.2) is 41.2 Å². The van der Waals surface area contributed by atoms with E-state index < -0.39 is 39.1 Å². The fourth-order valence-corrected chi connectivity index (χ4v) is 5.72. The lowest BCUT2D eigenvalue weighted by atomic mass is 10.1.